The van der Waals surface area contributed by atoms with Crippen molar-refractivity contribution < 1.29 is 18.0 Å². The van der Waals surface area contributed by atoms with E-state index in [1.54, 1.807) is 41.5 Å². The van der Waals surface area contributed by atoms with Crippen LogP contribution in [0.5, 0.6) is 0 Å². The maximum Gasteiger partial charge on any atom is 0.416 e. The van der Waals surface area contributed by atoms with Crippen LogP contribution in [0.15, 0.2) is 73.2 Å². The number of anilines is 2. The van der Waals surface area contributed by atoms with Crippen molar-refractivity contribution in [1.82, 2.24) is 20.0 Å². The fourth-order valence-corrected chi connectivity index (χ4v) is 3.54. The van der Waals surface area contributed by atoms with Crippen LogP contribution in [0.25, 0.3) is 11.1 Å². The standard InChI is InChI=1S/C25H23F3N6O/c26-25(27,28)20-5-1-3-17(13-20)10-12-34-16-21(32-33-34)7-9-24(35)31-23-14-18(6-8-22(23)29)19-4-2-11-30-15-19/h1-6,8,11,13-16H,7,9-10,12,29H2,(H,31,35). The van der Waals surface area contributed by atoms with Crippen LogP contribution in [0.4, 0.5) is 24.5 Å². The van der Waals surface area contributed by atoms with Crippen molar-refractivity contribution >= 4 is 17.3 Å². The molecule has 0 radical (unpaired) electrons. The predicted molar refractivity (Wildman–Crippen MR) is 126 cm³/mol. The number of halogens is 3. The summed E-state index contributed by atoms with van der Waals surface area (Å²) in [4.78, 5) is 16.6. The van der Waals surface area contributed by atoms with Gasteiger partial charge in [-0.1, -0.05) is 35.5 Å². The second-order valence-corrected chi connectivity index (χ2v) is 8.01. The first kappa shape index (κ1) is 23.9. The van der Waals surface area contributed by atoms with Gasteiger partial charge in [-0.25, -0.2) is 0 Å². The van der Waals surface area contributed by atoms with Gasteiger partial charge in [-0.2, -0.15) is 13.2 Å². The van der Waals surface area contributed by atoms with Gasteiger partial charge in [-0.3, -0.25) is 14.5 Å². The van der Waals surface area contributed by atoms with Crippen LogP contribution in [0.3, 0.4) is 0 Å². The van der Waals surface area contributed by atoms with Crippen molar-refractivity contribution in [3.8, 4) is 11.1 Å². The second-order valence-electron chi connectivity index (χ2n) is 8.01. The Morgan fingerprint density at radius 2 is 1.89 bits per heavy atom. The first-order valence-corrected chi connectivity index (χ1v) is 10.9. The number of hydrogen-bond donors (Lipinski definition) is 2. The first-order chi connectivity index (χ1) is 16.8. The minimum atomic E-state index is -4.37. The van der Waals surface area contributed by atoms with Gasteiger partial charge in [0.15, 0.2) is 0 Å². The van der Waals surface area contributed by atoms with Crippen LogP contribution in [-0.4, -0.2) is 25.9 Å². The van der Waals surface area contributed by atoms with Gasteiger partial charge in [0.25, 0.3) is 0 Å². The number of pyridine rings is 1. The number of nitrogen functional groups attached to an aromatic ring is 1. The fraction of sp³-hybridized carbons (Fsp3) is 0.200. The van der Waals surface area contributed by atoms with Gasteiger partial charge in [-0.05, 0) is 41.8 Å². The third-order valence-electron chi connectivity index (χ3n) is 5.40. The predicted octanol–water partition coefficient (Wildman–Crippen LogP) is 4.76. The molecule has 0 aliphatic heterocycles. The van der Waals surface area contributed by atoms with Gasteiger partial charge in [0.1, 0.15) is 0 Å². The zero-order valence-electron chi connectivity index (χ0n) is 18.7. The third-order valence-corrected chi connectivity index (χ3v) is 5.40. The Bertz CT molecular complexity index is 1300. The zero-order chi connectivity index (χ0) is 24.8. The molecule has 0 spiro atoms. The molecule has 0 bridgehead atoms. The maximum atomic E-state index is 12.9. The van der Waals surface area contributed by atoms with E-state index in [9.17, 15) is 18.0 Å². The number of aromatic nitrogens is 4. The molecule has 10 heteroatoms. The van der Waals surface area contributed by atoms with Gasteiger partial charge in [0.05, 0.1) is 22.6 Å². The Kier molecular flexibility index (Phi) is 7.09. The lowest BCUT2D eigenvalue weighted by atomic mass is 10.1. The average Bonchev–Trinajstić information content (AvgIpc) is 3.31. The molecular weight excluding hydrogens is 457 g/mol. The summed E-state index contributed by atoms with van der Waals surface area (Å²) in [6.07, 6.45) is 1.64. The molecule has 0 aliphatic rings. The summed E-state index contributed by atoms with van der Waals surface area (Å²) in [5, 5.41) is 10.9. The molecule has 35 heavy (non-hydrogen) atoms. The number of amides is 1. The number of nitrogens with two attached hydrogens (primary N) is 1. The molecular formula is C25H23F3N6O. The van der Waals surface area contributed by atoms with Crippen LogP contribution in [0.2, 0.25) is 0 Å². The Morgan fingerprint density at radius 1 is 1.03 bits per heavy atom. The van der Waals surface area contributed by atoms with Gasteiger partial charge in [0.2, 0.25) is 5.91 Å². The van der Waals surface area contributed by atoms with Crippen LogP contribution >= 0.6 is 0 Å². The number of hydrogen-bond acceptors (Lipinski definition) is 5. The van der Waals surface area contributed by atoms with Gasteiger partial charge >= 0.3 is 6.18 Å². The average molecular weight is 480 g/mol. The lowest BCUT2D eigenvalue weighted by Gasteiger charge is -2.10. The van der Waals surface area contributed by atoms with E-state index in [2.05, 4.69) is 20.6 Å². The lowest BCUT2D eigenvalue weighted by molar-refractivity contribution is -0.137. The van der Waals surface area contributed by atoms with Crippen molar-refractivity contribution in [2.75, 3.05) is 11.1 Å². The molecule has 7 nitrogen and oxygen atoms in total. The second kappa shape index (κ2) is 10.4. The maximum absolute atomic E-state index is 12.9. The first-order valence-electron chi connectivity index (χ1n) is 10.9. The summed E-state index contributed by atoms with van der Waals surface area (Å²) in [5.41, 5.74) is 9.27. The number of nitrogens with one attached hydrogen (secondary N) is 1. The van der Waals surface area contributed by atoms with Crippen molar-refractivity contribution in [2.45, 2.75) is 32.0 Å². The van der Waals surface area contributed by atoms with E-state index in [1.807, 2.05) is 18.2 Å². The van der Waals surface area contributed by atoms with Gasteiger partial charge in [-0.15, -0.1) is 5.10 Å². The normalized spacial score (nSPS) is 11.4. The van der Waals surface area contributed by atoms with Gasteiger partial charge < -0.3 is 11.1 Å². The largest absolute Gasteiger partial charge is 0.416 e. The molecule has 2 aromatic carbocycles. The molecule has 0 saturated heterocycles. The molecule has 1 amide bonds. The molecule has 2 heterocycles. The summed E-state index contributed by atoms with van der Waals surface area (Å²) in [7, 11) is 0. The Labute approximate surface area is 199 Å². The van der Waals surface area contributed by atoms with E-state index in [-0.39, 0.29) is 12.3 Å². The highest BCUT2D eigenvalue weighted by molar-refractivity contribution is 5.95. The van der Waals surface area contributed by atoms with Crippen LogP contribution in [-0.2, 0) is 30.4 Å². The molecule has 4 rings (SSSR count). The van der Waals surface area contributed by atoms with Crippen molar-refractivity contribution in [1.29, 1.82) is 0 Å². The topological polar surface area (TPSA) is 98.7 Å². The third kappa shape index (κ3) is 6.44. The summed E-state index contributed by atoms with van der Waals surface area (Å²) in [6.45, 7) is 0.373. The molecule has 0 fully saturated rings. The van der Waals surface area contributed by atoms with E-state index in [0.29, 0.717) is 42.0 Å². The molecule has 4 aromatic rings. The molecule has 0 saturated carbocycles. The SMILES string of the molecule is Nc1ccc(-c2cccnc2)cc1NC(=O)CCc1cn(CCc2cccc(C(F)(F)F)c2)nn1. The smallest absolute Gasteiger partial charge is 0.397 e. The Hall–Kier alpha value is -4.21. The van der Waals surface area contributed by atoms with Gasteiger partial charge in [0, 0.05) is 43.5 Å². The lowest BCUT2D eigenvalue weighted by Crippen LogP contribution is -2.13. The van der Waals surface area contributed by atoms with E-state index in [4.69, 9.17) is 5.73 Å². The zero-order valence-corrected chi connectivity index (χ0v) is 18.7. The highest BCUT2D eigenvalue weighted by atomic mass is 19.4. The number of carbonyl (C=O) groups is 1. The molecule has 2 aromatic heterocycles. The van der Waals surface area contributed by atoms with Crippen molar-refractivity contribution in [2.24, 2.45) is 0 Å². The van der Waals surface area contributed by atoms with E-state index >= 15 is 0 Å². The minimum absolute atomic E-state index is 0.170. The number of nitrogens with zero attached hydrogens (tertiary/aromatic N) is 4. The highest BCUT2D eigenvalue weighted by Gasteiger charge is 2.30. The molecule has 3 N–H and O–H groups in total. The van der Waals surface area contributed by atoms with Crippen LogP contribution in [0, 0.1) is 0 Å². The summed E-state index contributed by atoms with van der Waals surface area (Å²) in [6, 6.07) is 14.4. The fourth-order valence-electron chi connectivity index (χ4n) is 3.54. The monoisotopic (exact) mass is 480 g/mol. The number of rotatable bonds is 8. The Morgan fingerprint density at radius 3 is 2.66 bits per heavy atom. The van der Waals surface area contributed by atoms with Crippen molar-refractivity contribution in [3.63, 3.8) is 0 Å². The van der Waals surface area contributed by atoms with E-state index < -0.39 is 11.7 Å². The number of benzene rings is 2. The van der Waals surface area contributed by atoms with E-state index in [0.717, 1.165) is 23.3 Å². The van der Waals surface area contributed by atoms with E-state index in [1.165, 1.54) is 6.07 Å². The quantitative estimate of drug-likeness (QED) is 0.355. The van der Waals surface area contributed by atoms with Crippen LogP contribution < -0.4 is 11.1 Å². The summed E-state index contributed by atoms with van der Waals surface area (Å²) in [5.74, 6) is -0.224. The number of aryl methyl sites for hydroxylation is 3. The molecule has 0 atom stereocenters. The Balaban J connectivity index is 1.30. The number of alkyl halides is 3. The highest BCUT2D eigenvalue weighted by Crippen LogP contribution is 2.30. The molecule has 0 aliphatic carbocycles. The van der Waals surface area contributed by atoms with Crippen molar-refractivity contribution in [3.05, 3.63) is 90.0 Å². The molecule has 0 unspecified atom stereocenters. The summed E-state index contributed by atoms with van der Waals surface area (Å²) >= 11 is 0. The van der Waals surface area contributed by atoms with Crippen LogP contribution in [0.1, 0.15) is 23.2 Å². The number of carbonyl (C=O) groups excluding carboxylic acids is 1. The summed E-state index contributed by atoms with van der Waals surface area (Å²) < 4.78 is 40.2. The molecule has 180 valence electrons. The minimum Gasteiger partial charge on any atom is -0.397 e.